The molecule has 42 heavy (non-hydrogen) atoms. The summed E-state index contributed by atoms with van der Waals surface area (Å²) in [4.78, 5) is 24.6. The number of hydrogen-bond donors (Lipinski definition) is 1. The first kappa shape index (κ1) is 29.4. The normalized spacial score (nSPS) is 17.8. The highest BCUT2D eigenvalue weighted by Gasteiger charge is 2.45. The Bertz CT molecular complexity index is 1860. The van der Waals surface area contributed by atoms with Crippen LogP contribution >= 0.6 is 11.6 Å². The van der Waals surface area contributed by atoms with Gasteiger partial charge in [-0.25, -0.2) is 8.42 Å². The lowest BCUT2D eigenvalue weighted by Crippen LogP contribution is -2.40. The number of aliphatic carboxylic acids is 1. The van der Waals surface area contributed by atoms with Gasteiger partial charge in [0.1, 0.15) is 29.4 Å². The van der Waals surface area contributed by atoms with E-state index in [9.17, 15) is 36.3 Å². The number of carboxylic acid groups (broad SMARTS) is 1. The van der Waals surface area contributed by atoms with Crippen molar-refractivity contribution in [2.24, 2.45) is 0 Å². The first-order valence-corrected chi connectivity index (χ1v) is 14.1. The maximum atomic E-state index is 13.7. The molecule has 3 aromatic carbocycles. The number of halogens is 4. The first-order chi connectivity index (χ1) is 19.8. The van der Waals surface area contributed by atoms with Gasteiger partial charge in [0.05, 0.1) is 40.1 Å². The van der Waals surface area contributed by atoms with Gasteiger partial charge in [-0.2, -0.15) is 17.5 Å². The van der Waals surface area contributed by atoms with Crippen LogP contribution in [0.2, 0.25) is 5.02 Å². The topological polar surface area (TPSA) is 123 Å². The van der Waals surface area contributed by atoms with Gasteiger partial charge in [0, 0.05) is 18.6 Å². The summed E-state index contributed by atoms with van der Waals surface area (Å²) >= 11 is 6.19. The molecule has 0 amide bonds. The summed E-state index contributed by atoms with van der Waals surface area (Å²) in [5.41, 5.74) is -1.64. The van der Waals surface area contributed by atoms with E-state index in [1.54, 1.807) is 0 Å². The Hall–Kier alpha value is -4.07. The molecule has 0 spiro atoms. The second kappa shape index (κ2) is 11.0. The zero-order valence-corrected chi connectivity index (χ0v) is 23.2. The van der Waals surface area contributed by atoms with E-state index < -0.39 is 57.6 Å². The molecule has 0 unspecified atom stereocenters. The second-order valence-electron chi connectivity index (χ2n) is 9.38. The van der Waals surface area contributed by atoms with Crippen LogP contribution in [-0.4, -0.2) is 49.6 Å². The summed E-state index contributed by atoms with van der Waals surface area (Å²) in [6.45, 7) is -0.486. The fourth-order valence-electron chi connectivity index (χ4n) is 4.70. The highest BCUT2D eigenvalue weighted by Crippen LogP contribution is 2.40. The Balaban J connectivity index is 1.56. The molecule has 4 aromatic rings. The van der Waals surface area contributed by atoms with Crippen molar-refractivity contribution >= 4 is 38.6 Å². The SMILES string of the molecule is COc1cccc(S(=O)(=O)N2C[C@@H](Oc3cc(C(F)(F)F)ccc3-c3cc(=O)c4cccc(Cl)c4o3)C[C@H]2C(=O)O)c1. The average Bonchev–Trinajstić information content (AvgIpc) is 3.38. The molecule has 1 N–H and O–H groups in total. The third kappa shape index (κ3) is 5.54. The molecule has 2 atom stereocenters. The van der Waals surface area contributed by atoms with Gasteiger partial charge in [-0.15, -0.1) is 0 Å². The van der Waals surface area contributed by atoms with E-state index in [4.69, 9.17) is 25.5 Å². The van der Waals surface area contributed by atoms with E-state index in [1.165, 1.54) is 49.6 Å². The number of fused-ring (bicyclic) bond motifs is 1. The van der Waals surface area contributed by atoms with Crippen LogP contribution in [0, 0.1) is 0 Å². The highest BCUT2D eigenvalue weighted by atomic mass is 35.5. The van der Waals surface area contributed by atoms with Crippen LogP contribution in [0.15, 0.2) is 80.8 Å². The Morgan fingerprint density at radius 3 is 2.52 bits per heavy atom. The Kier molecular flexibility index (Phi) is 7.68. The van der Waals surface area contributed by atoms with Crippen molar-refractivity contribution in [3.8, 4) is 22.8 Å². The number of sulfonamides is 1. The van der Waals surface area contributed by atoms with Crippen molar-refractivity contribution in [3.63, 3.8) is 0 Å². The number of para-hydroxylation sites is 1. The number of methoxy groups -OCH3 is 1. The lowest BCUT2D eigenvalue weighted by Gasteiger charge is -2.21. The van der Waals surface area contributed by atoms with Gasteiger partial charge in [-0.05, 0) is 42.5 Å². The van der Waals surface area contributed by atoms with Crippen molar-refractivity contribution in [1.29, 1.82) is 0 Å². The van der Waals surface area contributed by atoms with Crippen molar-refractivity contribution in [2.45, 2.75) is 29.6 Å². The van der Waals surface area contributed by atoms with Crippen LogP contribution in [0.1, 0.15) is 12.0 Å². The molecular formula is C28H21ClF3NO8S. The number of alkyl halides is 3. The number of ether oxygens (including phenoxy) is 2. The summed E-state index contributed by atoms with van der Waals surface area (Å²) in [6.07, 6.45) is -6.32. The minimum Gasteiger partial charge on any atom is -0.497 e. The number of benzene rings is 3. The van der Waals surface area contributed by atoms with Gasteiger partial charge in [-0.3, -0.25) is 9.59 Å². The molecule has 14 heteroatoms. The summed E-state index contributed by atoms with van der Waals surface area (Å²) < 4.78 is 85.3. The first-order valence-electron chi connectivity index (χ1n) is 12.3. The number of hydrogen-bond acceptors (Lipinski definition) is 7. The third-order valence-corrected chi connectivity index (χ3v) is 8.89. The Morgan fingerprint density at radius 2 is 1.83 bits per heavy atom. The van der Waals surface area contributed by atoms with Crippen LogP contribution in [-0.2, 0) is 21.0 Å². The molecule has 0 bridgehead atoms. The van der Waals surface area contributed by atoms with Crippen LogP contribution in [0.3, 0.4) is 0 Å². The molecule has 2 heterocycles. The quantitative estimate of drug-likeness (QED) is 0.289. The largest absolute Gasteiger partial charge is 0.497 e. The van der Waals surface area contributed by atoms with E-state index in [1.807, 2.05) is 0 Å². The standard InChI is InChI=1S/C28H21ClF3NO8S/c1-39-16-4-2-5-18(11-16)42(37,38)33-14-17(12-22(33)27(35)36)40-24-10-15(28(30,31)32)8-9-20(24)25-13-23(34)19-6-3-7-21(29)26(19)41-25/h2-11,13,17,22H,12,14H2,1H3,(H,35,36)/t17-,22-/m0/s1. The van der Waals surface area contributed by atoms with Gasteiger partial charge in [-0.1, -0.05) is 23.7 Å². The van der Waals surface area contributed by atoms with Gasteiger partial charge in [0.2, 0.25) is 10.0 Å². The van der Waals surface area contributed by atoms with E-state index in [0.29, 0.717) is 6.07 Å². The maximum absolute atomic E-state index is 13.7. The lowest BCUT2D eigenvalue weighted by molar-refractivity contribution is -0.140. The minimum atomic E-state index is -4.77. The van der Waals surface area contributed by atoms with Crippen molar-refractivity contribution in [1.82, 2.24) is 4.31 Å². The average molecular weight is 624 g/mol. The molecule has 1 aliphatic rings. The highest BCUT2D eigenvalue weighted by molar-refractivity contribution is 7.89. The van der Waals surface area contributed by atoms with Gasteiger partial charge < -0.3 is 19.0 Å². The van der Waals surface area contributed by atoms with Crippen molar-refractivity contribution < 1.29 is 45.4 Å². The van der Waals surface area contributed by atoms with E-state index in [-0.39, 0.29) is 44.4 Å². The van der Waals surface area contributed by atoms with Gasteiger partial charge in [0.25, 0.3) is 0 Å². The Labute approximate surface area is 241 Å². The molecule has 5 rings (SSSR count). The predicted molar refractivity (Wildman–Crippen MR) is 145 cm³/mol. The van der Waals surface area contributed by atoms with Crippen LogP contribution < -0.4 is 14.9 Å². The molecule has 1 aromatic heterocycles. The van der Waals surface area contributed by atoms with Crippen LogP contribution in [0.5, 0.6) is 11.5 Å². The molecule has 0 radical (unpaired) electrons. The van der Waals surface area contributed by atoms with E-state index in [2.05, 4.69) is 0 Å². The summed E-state index contributed by atoms with van der Waals surface area (Å²) in [5.74, 6) is -1.79. The Morgan fingerprint density at radius 1 is 1.10 bits per heavy atom. The molecule has 1 aliphatic heterocycles. The van der Waals surface area contributed by atoms with Gasteiger partial charge in [0.15, 0.2) is 11.0 Å². The van der Waals surface area contributed by atoms with E-state index in [0.717, 1.165) is 22.5 Å². The van der Waals surface area contributed by atoms with Crippen LogP contribution in [0.4, 0.5) is 13.2 Å². The van der Waals surface area contributed by atoms with Gasteiger partial charge >= 0.3 is 12.1 Å². The van der Waals surface area contributed by atoms with Crippen molar-refractivity contribution in [3.05, 3.63) is 87.5 Å². The number of rotatable bonds is 7. The third-order valence-electron chi connectivity index (χ3n) is 6.72. The zero-order valence-electron chi connectivity index (χ0n) is 21.6. The predicted octanol–water partition coefficient (Wildman–Crippen LogP) is 5.44. The number of nitrogens with zero attached hydrogens (tertiary/aromatic N) is 1. The molecule has 220 valence electrons. The zero-order chi connectivity index (χ0) is 30.4. The second-order valence-corrected chi connectivity index (χ2v) is 11.7. The molecule has 1 fully saturated rings. The minimum absolute atomic E-state index is 0.00915. The van der Waals surface area contributed by atoms with Crippen LogP contribution in [0.25, 0.3) is 22.3 Å². The van der Waals surface area contributed by atoms with Crippen molar-refractivity contribution in [2.75, 3.05) is 13.7 Å². The molecule has 9 nitrogen and oxygen atoms in total. The number of carboxylic acids is 1. The summed E-state index contributed by atoms with van der Waals surface area (Å²) in [5, 5.41) is 10.1. The fourth-order valence-corrected chi connectivity index (χ4v) is 6.57. The maximum Gasteiger partial charge on any atom is 0.416 e. The number of carbonyl (C=O) groups is 1. The monoisotopic (exact) mass is 623 g/mol. The molecule has 0 saturated carbocycles. The summed E-state index contributed by atoms with van der Waals surface area (Å²) in [6, 6.07) is 11.9. The summed E-state index contributed by atoms with van der Waals surface area (Å²) in [7, 11) is -3.04. The van der Waals surface area contributed by atoms with E-state index >= 15 is 0 Å². The molecular weight excluding hydrogens is 603 g/mol. The lowest BCUT2D eigenvalue weighted by atomic mass is 10.1. The smallest absolute Gasteiger partial charge is 0.416 e. The molecule has 1 saturated heterocycles. The fraction of sp³-hybridized carbons (Fsp3) is 0.214. The molecule has 0 aliphatic carbocycles.